The highest BCUT2D eigenvalue weighted by molar-refractivity contribution is 6.30. The Balaban J connectivity index is 2.33. The van der Waals surface area contributed by atoms with Crippen molar-refractivity contribution < 1.29 is 0 Å². The monoisotopic (exact) mass is 280 g/mol. The summed E-state index contributed by atoms with van der Waals surface area (Å²) in [6, 6.07) is 8.38. The maximum atomic E-state index is 6.85. The van der Waals surface area contributed by atoms with Gasteiger partial charge in [0.1, 0.15) is 0 Å². The zero-order chi connectivity index (χ0) is 14.0. The fourth-order valence-electron chi connectivity index (χ4n) is 3.23. The molecule has 0 radical (unpaired) electrons. The molecule has 0 amide bonds. The summed E-state index contributed by atoms with van der Waals surface area (Å²) in [7, 11) is 0. The Hall–Kier alpha value is -0.570. The Labute approximate surface area is 121 Å². The smallest absolute Gasteiger partial charge is 0.0587 e. The van der Waals surface area contributed by atoms with Crippen LogP contribution in [-0.4, -0.2) is 24.0 Å². The molecular weight excluding hydrogens is 256 g/mol. The first-order chi connectivity index (χ1) is 8.96. The van der Waals surface area contributed by atoms with Crippen LogP contribution in [0.1, 0.15) is 39.2 Å². The zero-order valence-electron chi connectivity index (χ0n) is 12.2. The molecule has 3 heteroatoms. The molecule has 106 valence electrons. The van der Waals surface area contributed by atoms with Crippen LogP contribution < -0.4 is 5.73 Å². The zero-order valence-corrected chi connectivity index (χ0v) is 13.0. The summed E-state index contributed by atoms with van der Waals surface area (Å²) in [5.41, 5.74) is 7.71. The minimum absolute atomic E-state index is 0.324. The van der Waals surface area contributed by atoms with Gasteiger partial charge in [0.2, 0.25) is 0 Å². The first kappa shape index (κ1) is 14.8. The lowest BCUT2D eigenvalue weighted by atomic mass is 9.75. The van der Waals surface area contributed by atoms with Gasteiger partial charge in [-0.1, -0.05) is 37.6 Å². The van der Waals surface area contributed by atoms with E-state index in [0.29, 0.717) is 12.0 Å². The van der Waals surface area contributed by atoms with Crippen molar-refractivity contribution >= 4 is 11.6 Å². The van der Waals surface area contributed by atoms with Crippen molar-refractivity contribution in [2.75, 3.05) is 13.1 Å². The molecule has 2 rings (SSSR count). The molecule has 0 aliphatic carbocycles. The maximum absolute atomic E-state index is 6.85. The Morgan fingerprint density at radius 1 is 1.11 bits per heavy atom. The third kappa shape index (κ3) is 2.81. The number of likely N-dealkylation sites (tertiary alicyclic amines) is 1. The normalized spacial score (nSPS) is 21.6. The average molecular weight is 281 g/mol. The Morgan fingerprint density at radius 2 is 1.63 bits per heavy atom. The van der Waals surface area contributed by atoms with Crippen LogP contribution in [-0.2, 0) is 5.54 Å². The van der Waals surface area contributed by atoms with E-state index in [2.05, 4.69) is 37.8 Å². The Bertz CT molecular complexity index is 409. The number of hydrogen-bond acceptors (Lipinski definition) is 2. The predicted octanol–water partition coefficient (Wildman–Crippen LogP) is 3.63. The molecule has 1 aromatic carbocycles. The molecule has 1 aliphatic heterocycles. The van der Waals surface area contributed by atoms with Crippen molar-refractivity contribution in [3.63, 3.8) is 0 Å². The van der Waals surface area contributed by atoms with E-state index in [0.717, 1.165) is 5.02 Å². The summed E-state index contributed by atoms with van der Waals surface area (Å²) < 4.78 is 0. The molecule has 2 nitrogen and oxygen atoms in total. The van der Waals surface area contributed by atoms with Crippen molar-refractivity contribution in [2.45, 2.75) is 45.2 Å². The molecule has 0 spiro atoms. The van der Waals surface area contributed by atoms with Gasteiger partial charge in [-0.25, -0.2) is 0 Å². The molecule has 1 fully saturated rings. The van der Waals surface area contributed by atoms with Crippen molar-refractivity contribution in [3.8, 4) is 0 Å². The van der Waals surface area contributed by atoms with Crippen LogP contribution in [0.2, 0.25) is 5.02 Å². The molecule has 1 heterocycles. The minimum Gasteiger partial charge on any atom is -0.320 e. The number of benzene rings is 1. The van der Waals surface area contributed by atoms with E-state index in [4.69, 9.17) is 17.3 Å². The van der Waals surface area contributed by atoms with E-state index < -0.39 is 0 Å². The fraction of sp³-hybridized carbons (Fsp3) is 0.625. The van der Waals surface area contributed by atoms with E-state index >= 15 is 0 Å². The molecule has 2 unspecified atom stereocenters. The molecule has 1 saturated heterocycles. The first-order valence-corrected chi connectivity index (χ1v) is 7.63. The minimum atomic E-state index is -0.324. The maximum Gasteiger partial charge on any atom is 0.0587 e. The van der Waals surface area contributed by atoms with Crippen molar-refractivity contribution in [3.05, 3.63) is 34.9 Å². The van der Waals surface area contributed by atoms with Crippen LogP contribution >= 0.6 is 11.6 Å². The Kier molecular flexibility index (Phi) is 4.54. The lowest BCUT2D eigenvalue weighted by Crippen LogP contribution is -2.57. The molecule has 19 heavy (non-hydrogen) atoms. The molecule has 0 bridgehead atoms. The highest BCUT2D eigenvalue weighted by Crippen LogP contribution is 2.35. The fourth-order valence-corrected chi connectivity index (χ4v) is 3.35. The average Bonchev–Trinajstić information content (AvgIpc) is 2.91. The van der Waals surface area contributed by atoms with Gasteiger partial charge >= 0.3 is 0 Å². The van der Waals surface area contributed by atoms with Crippen LogP contribution in [0.3, 0.4) is 0 Å². The topological polar surface area (TPSA) is 29.3 Å². The first-order valence-electron chi connectivity index (χ1n) is 7.25. The quantitative estimate of drug-likeness (QED) is 0.912. The van der Waals surface area contributed by atoms with Crippen LogP contribution in [0.4, 0.5) is 0 Å². The predicted molar refractivity (Wildman–Crippen MR) is 82.4 cm³/mol. The van der Waals surface area contributed by atoms with Gasteiger partial charge in [0.25, 0.3) is 0 Å². The van der Waals surface area contributed by atoms with Crippen molar-refractivity contribution in [2.24, 2.45) is 11.7 Å². The highest BCUT2D eigenvalue weighted by atomic mass is 35.5. The summed E-state index contributed by atoms with van der Waals surface area (Å²) in [6.07, 6.45) is 2.58. The van der Waals surface area contributed by atoms with Gasteiger partial charge in [-0.15, -0.1) is 0 Å². The highest BCUT2D eigenvalue weighted by Gasteiger charge is 2.40. The lowest BCUT2D eigenvalue weighted by molar-refractivity contribution is 0.122. The molecule has 0 aromatic heterocycles. The number of halogens is 1. The van der Waals surface area contributed by atoms with Crippen molar-refractivity contribution in [1.82, 2.24) is 4.90 Å². The van der Waals surface area contributed by atoms with Gasteiger partial charge in [0.05, 0.1) is 5.54 Å². The second-order valence-corrected chi connectivity index (χ2v) is 6.45. The number of rotatable bonds is 4. The van der Waals surface area contributed by atoms with Crippen LogP contribution in [0.25, 0.3) is 0 Å². The molecule has 2 atom stereocenters. The summed E-state index contributed by atoms with van der Waals surface area (Å²) in [5, 5.41) is 0.767. The molecule has 1 aliphatic rings. The van der Waals surface area contributed by atoms with E-state index in [9.17, 15) is 0 Å². The van der Waals surface area contributed by atoms with Gasteiger partial charge in [0.15, 0.2) is 0 Å². The third-order valence-corrected chi connectivity index (χ3v) is 4.93. The summed E-state index contributed by atoms with van der Waals surface area (Å²) >= 11 is 6.00. The summed E-state index contributed by atoms with van der Waals surface area (Å²) in [5.74, 6) is 0.379. The van der Waals surface area contributed by atoms with E-state index in [1.54, 1.807) is 0 Å². The number of nitrogens with two attached hydrogens (primary N) is 1. The second-order valence-electron chi connectivity index (χ2n) is 6.01. The SMILES string of the molecule is CC(C)C(N)(c1ccc(Cl)cc1)C(C)N1CCCC1. The van der Waals surface area contributed by atoms with Crippen LogP contribution in [0.5, 0.6) is 0 Å². The van der Waals surface area contributed by atoms with Gasteiger partial charge < -0.3 is 5.73 Å². The molecule has 2 N–H and O–H groups in total. The van der Waals surface area contributed by atoms with Gasteiger partial charge in [-0.3, -0.25) is 4.90 Å². The van der Waals surface area contributed by atoms with Crippen LogP contribution in [0, 0.1) is 5.92 Å². The number of nitrogens with zero attached hydrogens (tertiary/aromatic N) is 1. The third-order valence-electron chi connectivity index (χ3n) is 4.68. The molecular formula is C16H25ClN2. The number of hydrogen-bond donors (Lipinski definition) is 1. The van der Waals surface area contributed by atoms with Gasteiger partial charge in [-0.2, -0.15) is 0 Å². The largest absolute Gasteiger partial charge is 0.320 e. The van der Waals surface area contributed by atoms with Crippen molar-refractivity contribution in [1.29, 1.82) is 0 Å². The standard InChI is InChI=1S/C16H25ClN2/c1-12(2)16(18,13(3)19-10-4-5-11-19)14-6-8-15(17)9-7-14/h6-9,12-13H,4-5,10-11,18H2,1-3H3. The summed E-state index contributed by atoms with van der Waals surface area (Å²) in [6.45, 7) is 9.02. The van der Waals surface area contributed by atoms with E-state index in [1.807, 2.05) is 12.1 Å². The molecule has 1 aromatic rings. The van der Waals surface area contributed by atoms with E-state index in [-0.39, 0.29) is 5.54 Å². The molecule has 0 saturated carbocycles. The second kappa shape index (κ2) is 5.82. The van der Waals surface area contributed by atoms with Gasteiger partial charge in [0, 0.05) is 11.1 Å². The van der Waals surface area contributed by atoms with Gasteiger partial charge in [-0.05, 0) is 56.5 Å². The van der Waals surface area contributed by atoms with Crippen LogP contribution in [0.15, 0.2) is 24.3 Å². The Morgan fingerprint density at radius 3 is 2.11 bits per heavy atom. The van der Waals surface area contributed by atoms with E-state index in [1.165, 1.54) is 31.5 Å². The summed E-state index contributed by atoms with van der Waals surface area (Å²) in [4.78, 5) is 2.52. The lowest BCUT2D eigenvalue weighted by Gasteiger charge is -2.44.